The van der Waals surface area contributed by atoms with Crippen molar-refractivity contribution in [3.05, 3.63) is 59.0 Å². The molecule has 31 heavy (non-hydrogen) atoms. The first-order valence-electron chi connectivity index (χ1n) is 10.3. The minimum Gasteiger partial charge on any atom is -0.467 e. The van der Waals surface area contributed by atoms with E-state index < -0.39 is 0 Å². The van der Waals surface area contributed by atoms with Crippen LogP contribution >= 0.6 is 0 Å². The number of fused-ring (bicyclic) bond motifs is 3. The largest absolute Gasteiger partial charge is 0.467 e. The number of hydrogen-bond donors (Lipinski definition) is 0. The summed E-state index contributed by atoms with van der Waals surface area (Å²) >= 11 is 0. The van der Waals surface area contributed by atoms with Crippen molar-refractivity contribution in [3.8, 4) is 0 Å². The summed E-state index contributed by atoms with van der Waals surface area (Å²) in [7, 11) is 0. The fraction of sp³-hybridized carbons (Fsp3) is 0.364. The lowest BCUT2D eigenvalue weighted by Gasteiger charge is -2.32. The number of morpholine rings is 1. The average molecular weight is 420 g/mol. The Morgan fingerprint density at radius 3 is 2.77 bits per heavy atom. The topological polar surface area (TPSA) is 89.0 Å². The quantitative estimate of drug-likeness (QED) is 0.504. The first kappa shape index (κ1) is 19.5. The molecule has 1 saturated heterocycles. The number of ether oxygens (including phenoxy) is 1. The summed E-state index contributed by atoms with van der Waals surface area (Å²) in [6.07, 6.45) is 1.62. The lowest BCUT2D eigenvalue weighted by molar-refractivity contribution is 0.0413. The highest BCUT2D eigenvalue weighted by molar-refractivity contribution is 5.86. The molecular formula is C22H24N6O3. The number of aryl methyl sites for hydroxylation is 2. The van der Waals surface area contributed by atoms with Crippen molar-refractivity contribution in [2.45, 2.75) is 26.9 Å². The Morgan fingerprint density at radius 2 is 2.00 bits per heavy atom. The molecule has 1 aliphatic heterocycles. The van der Waals surface area contributed by atoms with Gasteiger partial charge in [0.1, 0.15) is 5.76 Å². The second kappa shape index (κ2) is 7.99. The molecular weight excluding hydrogens is 396 g/mol. The normalized spacial score (nSPS) is 14.5. The van der Waals surface area contributed by atoms with Crippen molar-refractivity contribution in [1.29, 1.82) is 0 Å². The number of benzene rings is 1. The molecule has 0 aliphatic carbocycles. The van der Waals surface area contributed by atoms with Crippen LogP contribution in [0.2, 0.25) is 0 Å². The van der Waals surface area contributed by atoms with E-state index in [1.807, 2.05) is 17.0 Å². The number of rotatable bonds is 4. The molecule has 1 aliphatic rings. The van der Waals surface area contributed by atoms with Gasteiger partial charge in [-0.05, 0) is 54.1 Å². The molecule has 5 rings (SSSR count). The van der Waals surface area contributed by atoms with E-state index in [0.717, 1.165) is 27.8 Å². The standard InChI is InChI=1S/C22H24N6O3/c1-15-10-16(2)20-17(11-15)12-18(21-23-24-25-28(20)21)13-27(14-19-4-3-7-31-19)22(29)26-5-8-30-9-6-26/h3-4,7,10-12H,5-6,8-9,13-14H2,1-2H3. The highest BCUT2D eigenvalue weighted by atomic mass is 16.5. The predicted octanol–water partition coefficient (Wildman–Crippen LogP) is 2.94. The van der Waals surface area contributed by atoms with E-state index in [1.54, 1.807) is 15.7 Å². The van der Waals surface area contributed by atoms with Crippen LogP contribution in [0, 0.1) is 13.8 Å². The third-order valence-corrected chi connectivity index (χ3v) is 5.61. The van der Waals surface area contributed by atoms with Gasteiger partial charge in [0.05, 0.1) is 38.1 Å². The number of tetrazole rings is 1. The molecule has 0 unspecified atom stereocenters. The molecule has 0 atom stereocenters. The molecule has 0 radical (unpaired) electrons. The number of furan rings is 1. The molecule has 0 spiro atoms. The van der Waals surface area contributed by atoms with Gasteiger partial charge < -0.3 is 19.0 Å². The minimum absolute atomic E-state index is 0.0501. The van der Waals surface area contributed by atoms with E-state index in [2.05, 4.69) is 47.6 Å². The summed E-state index contributed by atoms with van der Waals surface area (Å²) in [5.74, 6) is 0.727. The Balaban J connectivity index is 1.56. The van der Waals surface area contributed by atoms with E-state index in [-0.39, 0.29) is 6.03 Å². The summed E-state index contributed by atoms with van der Waals surface area (Å²) in [5.41, 5.74) is 4.79. The number of pyridine rings is 1. The number of carbonyl (C=O) groups is 1. The first-order valence-corrected chi connectivity index (χ1v) is 10.3. The van der Waals surface area contributed by atoms with Crippen molar-refractivity contribution in [2.24, 2.45) is 0 Å². The Kier molecular flexibility index (Phi) is 5.03. The van der Waals surface area contributed by atoms with Crippen LogP contribution in [0.15, 0.2) is 41.0 Å². The summed E-state index contributed by atoms with van der Waals surface area (Å²) in [6.45, 7) is 7.10. The van der Waals surface area contributed by atoms with Crippen LogP contribution in [0.1, 0.15) is 22.5 Å². The zero-order valence-electron chi connectivity index (χ0n) is 17.6. The SMILES string of the molecule is Cc1cc(C)c2c(c1)cc(CN(Cc1ccco1)C(=O)N1CCOCC1)c1nnnn12. The lowest BCUT2D eigenvalue weighted by atomic mass is 10.0. The second-order valence-electron chi connectivity index (χ2n) is 7.92. The van der Waals surface area contributed by atoms with E-state index in [0.29, 0.717) is 45.0 Å². The van der Waals surface area contributed by atoms with Gasteiger partial charge in [0, 0.05) is 24.0 Å². The van der Waals surface area contributed by atoms with Gasteiger partial charge in [-0.1, -0.05) is 11.6 Å². The van der Waals surface area contributed by atoms with Crippen molar-refractivity contribution >= 4 is 22.6 Å². The number of nitrogens with zero attached hydrogens (tertiary/aromatic N) is 6. The van der Waals surface area contributed by atoms with Gasteiger partial charge in [-0.3, -0.25) is 0 Å². The van der Waals surface area contributed by atoms with Gasteiger partial charge >= 0.3 is 6.03 Å². The molecule has 9 heteroatoms. The van der Waals surface area contributed by atoms with Crippen LogP contribution in [0.25, 0.3) is 16.6 Å². The molecule has 9 nitrogen and oxygen atoms in total. The molecule has 0 N–H and O–H groups in total. The van der Waals surface area contributed by atoms with Crippen LogP contribution in [0.4, 0.5) is 4.79 Å². The Morgan fingerprint density at radius 1 is 1.16 bits per heavy atom. The Labute approximate surface area is 179 Å². The Hall–Kier alpha value is -3.46. The first-order chi connectivity index (χ1) is 15.1. The van der Waals surface area contributed by atoms with Crippen LogP contribution in [0.3, 0.4) is 0 Å². The maximum absolute atomic E-state index is 13.4. The van der Waals surface area contributed by atoms with Crippen LogP contribution < -0.4 is 0 Å². The summed E-state index contributed by atoms with van der Waals surface area (Å²) in [4.78, 5) is 17.0. The summed E-state index contributed by atoms with van der Waals surface area (Å²) in [5, 5.41) is 13.4. The summed E-state index contributed by atoms with van der Waals surface area (Å²) in [6, 6.07) is 9.98. The zero-order chi connectivity index (χ0) is 21.4. The minimum atomic E-state index is -0.0501. The number of carbonyl (C=O) groups excluding carboxylic acids is 1. The number of aromatic nitrogens is 4. The number of urea groups is 1. The fourth-order valence-electron chi connectivity index (χ4n) is 4.24. The zero-order valence-corrected chi connectivity index (χ0v) is 17.6. The average Bonchev–Trinajstić information content (AvgIpc) is 3.45. The van der Waals surface area contributed by atoms with E-state index >= 15 is 0 Å². The van der Waals surface area contributed by atoms with Gasteiger partial charge in [-0.25, -0.2) is 4.79 Å². The summed E-state index contributed by atoms with van der Waals surface area (Å²) < 4.78 is 12.7. The molecule has 4 heterocycles. The molecule has 160 valence electrons. The smallest absolute Gasteiger partial charge is 0.320 e. The molecule has 1 fully saturated rings. The van der Waals surface area contributed by atoms with Crippen LogP contribution in [-0.4, -0.2) is 62.2 Å². The highest BCUT2D eigenvalue weighted by Gasteiger charge is 2.25. The van der Waals surface area contributed by atoms with Gasteiger partial charge in [-0.15, -0.1) is 5.10 Å². The third-order valence-electron chi connectivity index (χ3n) is 5.61. The van der Waals surface area contributed by atoms with Gasteiger partial charge in [0.25, 0.3) is 0 Å². The fourth-order valence-corrected chi connectivity index (χ4v) is 4.24. The maximum Gasteiger partial charge on any atom is 0.320 e. The van der Waals surface area contributed by atoms with E-state index in [4.69, 9.17) is 9.15 Å². The molecule has 0 bridgehead atoms. The van der Waals surface area contributed by atoms with Crippen molar-refractivity contribution < 1.29 is 13.9 Å². The van der Waals surface area contributed by atoms with Crippen molar-refractivity contribution in [2.75, 3.05) is 26.3 Å². The lowest BCUT2D eigenvalue weighted by Crippen LogP contribution is -2.47. The third kappa shape index (κ3) is 3.72. The molecule has 4 aromatic rings. The molecule has 0 saturated carbocycles. The van der Waals surface area contributed by atoms with E-state index in [1.165, 1.54) is 5.56 Å². The molecule has 3 aromatic heterocycles. The van der Waals surface area contributed by atoms with E-state index in [9.17, 15) is 4.79 Å². The molecule has 2 amide bonds. The van der Waals surface area contributed by atoms with Crippen molar-refractivity contribution in [1.82, 2.24) is 29.8 Å². The van der Waals surface area contributed by atoms with Crippen LogP contribution in [-0.2, 0) is 17.8 Å². The maximum atomic E-state index is 13.4. The van der Waals surface area contributed by atoms with Gasteiger partial charge in [-0.2, -0.15) is 4.52 Å². The number of amides is 2. The number of hydrogen-bond acceptors (Lipinski definition) is 6. The monoisotopic (exact) mass is 420 g/mol. The predicted molar refractivity (Wildman–Crippen MR) is 114 cm³/mol. The highest BCUT2D eigenvalue weighted by Crippen LogP contribution is 2.25. The Bertz CT molecular complexity index is 1230. The second-order valence-corrected chi connectivity index (χ2v) is 7.92. The van der Waals surface area contributed by atoms with Gasteiger partial charge in [0.15, 0.2) is 5.65 Å². The van der Waals surface area contributed by atoms with Gasteiger partial charge in [0.2, 0.25) is 0 Å². The molecule has 1 aromatic carbocycles. The van der Waals surface area contributed by atoms with Crippen molar-refractivity contribution in [3.63, 3.8) is 0 Å². The van der Waals surface area contributed by atoms with Crippen LogP contribution in [0.5, 0.6) is 0 Å².